The minimum Gasteiger partial charge on any atom is -0.356 e. The molecule has 1 aromatic heterocycles. The summed E-state index contributed by atoms with van der Waals surface area (Å²) in [5, 5.41) is 7.05. The van der Waals surface area contributed by atoms with Gasteiger partial charge in [0.05, 0.1) is 6.04 Å². The van der Waals surface area contributed by atoms with Crippen molar-refractivity contribution in [2.45, 2.75) is 37.5 Å². The lowest BCUT2D eigenvalue weighted by atomic mass is 9.89. The van der Waals surface area contributed by atoms with Crippen LogP contribution in [0, 0.1) is 0 Å². The van der Waals surface area contributed by atoms with Gasteiger partial charge in [-0.3, -0.25) is 14.4 Å². The number of thioether (sulfide) groups is 1. The molecule has 0 fully saturated rings. The van der Waals surface area contributed by atoms with Gasteiger partial charge in [0.25, 0.3) is 5.91 Å². The van der Waals surface area contributed by atoms with Gasteiger partial charge >= 0.3 is 0 Å². The Morgan fingerprint density at radius 2 is 1.77 bits per heavy atom. The van der Waals surface area contributed by atoms with Crippen LogP contribution in [0.4, 0.5) is 0 Å². The van der Waals surface area contributed by atoms with E-state index in [9.17, 15) is 14.4 Å². The van der Waals surface area contributed by atoms with E-state index < -0.39 is 12.1 Å². The number of benzene rings is 3. The Bertz CT molecular complexity index is 1550. The number of nitrogens with zero attached hydrogens (tertiary/aromatic N) is 1. The molecule has 3 atom stereocenters. The highest BCUT2D eigenvalue weighted by Crippen LogP contribution is 2.46. The fourth-order valence-electron chi connectivity index (χ4n) is 5.82. The van der Waals surface area contributed by atoms with Gasteiger partial charge in [0.1, 0.15) is 12.1 Å². The maximum Gasteiger partial charge on any atom is 0.255 e. The first-order chi connectivity index (χ1) is 19.1. The van der Waals surface area contributed by atoms with Crippen LogP contribution in [0.5, 0.6) is 0 Å². The predicted octanol–water partition coefficient (Wildman–Crippen LogP) is 4.19. The fraction of sp³-hybridized carbons (Fsp3) is 0.258. The fourth-order valence-corrected chi connectivity index (χ4v) is 6.29. The van der Waals surface area contributed by atoms with Crippen molar-refractivity contribution in [1.82, 2.24) is 20.5 Å². The summed E-state index contributed by atoms with van der Waals surface area (Å²) in [6.07, 6.45) is 2.85. The Morgan fingerprint density at radius 1 is 1.03 bits per heavy atom. The number of amides is 3. The molecule has 8 heteroatoms. The third kappa shape index (κ3) is 4.59. The lowest BCUT2D eigenvalue weighted by molar-refractivity contribution is -0.132. The quantitative estimate of drug-likeness (QED) is 0.314. The molecule has 0 saturated heterocycles. The molecule has 3 amide bonds. The summed E-state index contributed by atoms with van der Waals surface area (Å²) in [5.74, 6) is 0.0299. The smallest absolute Gasteiger partial charge is 0.255 e. The zero-order valence-electron chi connectivity index (χ0n) is 21.6. The molecule has 3 aromatic carbocycles. The van der Waals surface area contributed by atoms with Crippen molar-refractivity contribution in [2.24, 2.45) is 0 Å². The molecule has 7 nitrogen and oxygen atoms in total. The number of fused-ring (bicyclic) bond motifs is 7. The van der Waals surface area contributed by atoms with Gasteiger partial charge in [-0.2, -0.15) is 11.8 Å². The second kappa shape index (κ2) is 10.6. The van der Waals surface area contributed by atoms with Crippen molar-refractivity contribution in [3.8, 4) is 0 Å². The van der Waals surface area contributed by atoms with E-state index in [4.69, 9.17) is 0 Å². The van der Waals surface area contributed by atoms with Crippen molar-refractivity contribution >= 4 is 40.4 Å². The van der Waals surface area contributed by atoms with Crippen molar-refractivity contribution in [1.29, 1.82) is 0 Å². The van der Waals surface area contributed by atoms with Crippen molar-refractivity contribution in [2.75, 3.05) is 12.0 Å². The molecular weight excluding hydrogens is 508 g/mol. The van der Waals surface area contributed by atoms with Crippen LogP contribution in [0.25, 0.3) is 10.9 Å². The van der Waals surface area contributed by atoms with Gasteiger partial charge in [0.2, 0.25) is 11.8 Å². The number of H-pyrrole nitrogens is 1. The molecule has 198 valence electrons. The van der Waals surface area contributed by atoms with E-state index in [-0.39, 0.29) is 23.8 Å². The number of aromatic nitrogens is 1. The van der Waals surface area contributed by atoms with Crippen LogP contribution in [0.15, 0.2) is 78.9 Å². The van der Waals surface area contributed by atoms with Gasteiger partial charge < -0.3 is 20.5 Å². The molecule has 6 rings (SSSR count). The molecule has 0 spiro atoms. The van der Waals surface area contributed by atoms with E-state index in [2.05, 4.69) is 21.7 Å². The van der Waals surface area contributed by atoms with Crippen molar-refractivity contribution < 1.29 is 14.4 Å². The first-order valence-corrected chi connectivity index (χ1v) is 14.6. The minimum atomic E-state index is -0.736. The maximum atomic E-state index is 14.0. The average Bonchev–Trinajstić information content (AvgIpc) is 3.49. The summed E-state index contributed by atoms with van der Waals surface area (Å²) >= 11 is 1.63. The van der Waals surface area contributed by atoms with Crippen LogP contribution in [-0.4, -0.2) is 51.7 Å². The Balaban J connectivity index is 1.30. The summed E-state index contributed by atoms with van der Waals surface area (Å²) in [6, 6.07) is 23.5. The van der Waals surface area contributed by atoms with Gasteiger partial charge in [0, 0.05) is 35.1 Å². The summed E-state index contributed by atoms with van der Waals surface area (Å²) < 4.78 is 0. The van der Waals surface area contributed by atoms with E-state index in [1.165, 1.54) is 0 Å². The highest BCUT2D eigenvalue weighted by atomic mass is 32.2. The summed E-state index contributed by atoms with van der Waals surface area (Å²) in [5.41, 5.74) is 5.49. The SMILES string of the molecule is CSCC[C@H](NC(=O)[C@@H]1Cc2c([nH]c3ccccc23)[C@@H]2c3ccccc3C(=O)N21)C(=O)NCc1ccccc1. The molecule has 0 radical (unpaired) electrons. The Hall–Kier alpha value is -4.04. The normalized spacial score (nSPS) is 18.3. The number of carbonyl (C=O) groups is 3. The minimum absolute atomic E-state index is 0.158. The molecule has 4 aromatic rings. The number of carbonyl (C=O) groups excluding carboxylic acids is 3. The Labute approximate surface area is 231 Å². The molecular formula is C31H30N4O3S. The van der Waals surface area contributed by atoms with Gasteiger partial charge in [0.15, 0.2) is 0 Å². The second-order valence-electron chi connectivity index (χ2n) is 10.0. The zero-order valence-corrected chi connectivity index (χ0v) is 22.5. The number of rotatable bonds is 8. The van der Waals surface area contributed by atoms with Crippen LogP contribution in [0.3, 0.4) is 0 Å². The third-order valence-corrected chi connectivity index (χ3v) is 8.35. The topological polar surface area (TPSA) is 94.3 Å². The van der Waals surface area contributed by atoms with Crippen LogP contribution in [0.2, 0.25) is 0 Å². The highest BCUT2D eigenvalue weighted by Gasteiger charge is 2.49. The molecule has 2 aliphatic heterocycles. The number of nitrogens with one attached hydrogen (secondary N) is 3. The lowest BCUT2D eigenvalue weighted by Crippen LogP contribution is -2.56. The average molecular weight is 539 g/mol. The van der Waals surface area contributed by atoms with Crippen molar-refractivity contribution in [3.63, 3.8) is 0 Å². The second-order valence-corrected chi connectivity index (χ2v) is 11.0. The molecule has 3 heterocycles. The first-order valence-electron chi connectivity index (χ1n) is 13.2. The molecule has 0 unspecified atom stereocenters. The number of aromatic amines is 1. The number of hydrogen-bond acceptors (Lipinski definition) is 4. The maximum absolute atomic E-state index is 14.0. The first kappa shape index (κ1) is 25.2. The third-order valence-electron chi connectivity index (χ3n) is 7.71. The molecule has 2 aliphatic rings. The molecule has 3 N–H and O–H groups in total. The number of para-hydroxylation sites is 1. The largest absolute Gasteiger partial charge is 0.356 e. The molecule has 39 heavy (non-hydrogen) atoms. The van der Waals surface area contributed by atoms with E-state index in [0.717, 1.165) is 39.0 Å². The Kier molecular flexibility index (Phi) is 6.87. The Morgan fingerprint density at radius 3 is 2.59 bits per heavy atom. The van der Waals surface area contributed by atoms with E-state index >= 15 is 0 Å². The van der Waals surface area contributed by atoms with Gasteiger partial charge in [-0.1, -0.05) is 66.7 Å². The van der Waals surface area contributed by atoms with Crippen LogP contribution >= 0.6 is 11.8 Å². The lowest BCUT2D eigenvalue weighted by Gasteiger charge is -2.37. The number of hydrogen-bond donors (Lipinski definition) is 3. The zero-order chi connectivity index (χ0) is 26.9. The van der Waals surface area contributed by atoms with Crippen LogP contribution in [-0.2, 0) is 22.6 Å². The summed E-state index contributed by atoms with van der Waals surface area (Å²) in [7, 11) is 0. The highest BCUT2D eigenvalue weighted by molar-refractivity contribution is 7.98. The van der Waals surface area contributed by atoms with Crippen LogP contribution < -0.4 is 10.6 Å². The van der Waals surface area contributed by atoms with Crippen LogP contribution in [0.1, 0.15) is 45.2 Å². The monoisotopic (exact) mass is 538 g/mol. The molecule has 0 bridgehead atoms. The van der Waals surface area contributed by atoms with E-state index in [1.807, 2.05) is 79.1 Å². The van der Waals surface area contributed by atoms with Gasteiger partial charge in [-0.25, -0.2) is 0 Å². The predicted molar refractivity (Wildman–Crippen MR) is 153 cm³/mol. The standard InChI is InChI=1S/C31H30N4O3S/c1-39-16-15-25(29(36)32-18-19-9-3-2-4-10-19)34-30(37)26-17-23-20-11-7-8-14-24(20)33-27(23)28-21-12-5-6-13-22(21)31(38)35(26)28/h2-14,25-26,28,33H,15-18H2,1H3,(H,32,36)(H,34,37)/t25-,26-,28-/m0/s1. The van der Waals surface area contributed by atoms with Crippen molar-refractivity contribution in [3.05, 3.63) is 107 Å². The molecule has 0 aliphatic carbocycles. The van der Waals surface area contributed by atoms with E-state index in [0.29, 0.717) is 24.9 Å². The molecule has 0 saturated carbocycles. The van der Waals surface area contributed by atoms with E-state index in [1.54, 1.807) is 16.7 Å². The summed E-state index contributed by atoms with van der Waals surface area (Å²) in [6.45, 7) is 0.384. The van der Waals surface area contributed by atoms with Gasteiger partial charge in [-0.05, 0) is 47.3 Å². The van der Waals surface area contributed by atoms with Gasteiger partial charge in [-0.15, -0.1) is 0 Å². The summed E-state index contributed by atoms with van der Waals surface area (Å²) in [4.78, 5) is 46.1.